The molecule has 0 unspecified atom stereocenters. The molecule has 0 saturated heterocycles. The number of hydrogen-bond donors (Lipinski definition) is 1. The zero-order chi connectivity index (χ0) is 13.8. The van der Waals surface area contributed by atoms with E-state index < -0.39 is 9.84 Å². The number of rotatable bonds is 6. The third-order valence-electron chi connectivity index (χ3n) is 2.25. The third-order valence-corrected chi connectivity index (χ3v) is 4.49. The van der Waals surface area contributed by atoms with Crippen LogP contribution in [-0.4, -0.2) is 27.4 Å². The van der Waals surface area contributed by atoms with E-state index in [0.29, 0.717) is 12.5 Å². The number of sulfone groups is 1. The maximum absolute atomic E-state index is 12.0. The van der Waals surface area contributed by atoms with Gasteiger partial charge in [0.1, 0.15) is 0 Å². The number of halogens is 1. The zero-order valence-corrected chi connectivity index (χ0v) is 12.9. The molecule has 0 saturated carbocycles. The van der Waals surface area contributed by atoms with Crippen molar-refractivity contribution >= 4 is 31.5 Å². The summed E-state index contributed by atoms with van der Waals surface area (Å²) in [4.78, 5) is 0.166. The molecule has 0 bridgehead atoms. The van der Waals surface area contributed by atoms with E-state index in [2.05, 4.69) is 15.9 Å². The molecule has 18 heavy (non-hydrogen) atoms. The van der Waals surface area contributed by atoms with Crippen LogP contribution in [0.15, 0.2) is 27.6 Å². The second kappa shape index (κ2) is 6.54. The summed E-state index contributed by atoms with van der Waals surface area (Å²) in [5.74, 6) is 0.344. The Balaban J connectivity index is 2.69. The van der Waals surface area contributed by atoms with Gasteiger partial charge in [-0.3, -0.25) is 0 Å². The van der Waals surface area contributed by atoms with Gasteiger partial charge in [-0.1, -0.05) is 29.8 Å². The van der Waals surface area contributed by atoms with Gasteiger partial charge in [-0.15, -0.1) is 0 Å². The minimum absolute atomic E-state index is 0.0500. The summed E-state index contributed by atoms with van der Waals surface area (Å²) in [5.41, 5.74) is 5.97. The van der Waals surface area contributed by atoms with Crippen molar-refractivity contribution in [1.29, 1.82) is 0 Å². The molecule has 4 nitrogen and oxygen atoms in total. The molecular weight excluding hydrogens is 318 g/mol. The van der Waals surface area contributed by atoms with Crippen molar-refractivity contribution in [3.63, 3.8) is 0 Å². The molecule has 0 fully saturated rings. The Labute approximate surface area is 117 Å². The number of anilines is 1. The molecule has 0 radical (unpaired) electrons. The fraction of sp³-hybridized carbons (Fsp3) is 0.500. The molecular formula is C12H18BrNO3S. The number of hydrogen-bond acceptors (Lipinski definition) is 4. The van der Waals surface area contributed by atoms with Crippen LogP contribution in [0.4, 0.5) is 5.69 Å². The van der Waals surface area contributed by atoms with Crippen LogP contribution in [0, 0.1) is 5.92 Å². The van der Waals surface area contributed by atoms with Gasteiger partial charge in [0.05, 0.1) is 22.9 Å². The van der Waals surface area contributed by atoms with E-state index >= 15 is 0 Å². The normalized spacial score (nSPS) is 12.0. The summed E-state index contributed by atoms with van der Waals surface area (Å²) >= 11 is 3.24. The molecule has 1 rings (SSSR count). The lowest BCUT2D eigenvalue weighted by Gasteiger charge is -2.09. The molecule has 0 aromatic heterocycles. The van der Waals surface area contributed by atoms with Crippen LogP contribution in [0.1, 0.15) is 13.8 Å². The van der Waals surface area contributed by atoms with E-state index in [1.54, 1.807) is 12.1 Å². The van der Waals surface area contributed by atoms with Crippen LogP contribution >= 0.6 is 15.9 Å². The Kier molecular flexibility index (Phi) is 5.62. The number of nitrogens with two attached hydrogens (primary N) is 1. The van der Waals surface area contributed by atoms with E-state index in [1.165, 1.54) is 6.07 Å². The van der Waals surface area contributed by atoms with Gasteiger partial charge in [0, 0.05) is 11.1 Å². The van der Waals surface area contributed by atoms with Crippen molar-refractivity contribution in [2.75, 3.05) is 24.7 Å². The first kappa shape index (κ1) is 15.5. The van der Waals surface area contributed by atoms with Crippen LogP contribution in [0.5, 0.6) is 0 Å². The fourth-order valence-electron chi connectivity index (χ4n) is 1.40. The van der Waals surface area contributed by atoms with E-state index in [-0.39, 0.29) is 22.9 Å². The summed E-state index contributed by atoms with van der Waals surface area (Å²) in [6.07, 6.45) is 0. The topological polar surface area (TPSA) is 69.4 Å². The quantitative estimate of drug-likeness (QED) is 0.640. The van der Waals surface area contributed by atoms with Crippen molar-refractivity contribution < 1.29 is 13.2 Å². The minimum atomic E-state index is -3.38. The highest BCUT2D eigenvalue weighted by molar-refractivity contribution is 9.10. The lowest BCUT2D eigenvalue weighted by Crippen LogP contribution is -2.15. The largest absolute Gasteiger partial charge is 0.398 e. The van der Waals surface area contributed by atoms with Gasteiger partial charge in [0.15, 0.2) is 9.84 Å². The van der Waals surface area contributed by atoms with Gasteiger partial charge in [-0.25, -0.2) is 8.42 Å². The van der Waals surface area contributed by atoms with Crippen LogP contribution in [-0.2, 0) is 14.6 Å². The Bertz CT molecular complexity index is 500. The van der Waals surface area contributed by atoms with Crippen molar-refractivity contribution in [1.82, 2.24) is 0 Å². The molecule has 0 aliphatic rings. The first-order valence-corrected chi connectivity index (χ1v) is 8.13. The highest BCUT2D eigenvalue weighted by Crippen LogP contribution is 2.23. The predicted octanol–water partition coefficient (Wildman–Crippen LogP) is 2.48. The Hall–Kier alpha value is -0.590. The van der Waals surface area contributed by atoms with E-state index in [0.717, 1.165) is 4.47 Å². The zero-order valence-electron chi connectivity index (χ0n) is 10.5. The number of benzene rings is 1. The molecule has 0 aliphatic heterocycles. The van der Waals surface area contributed by atoms with Crippen LogP contribution in [0.3, 0.4) is 0 Å². The van der Waals surface area contributed by atoms with Gasteiger partial charge in [-0.05, 0) is 24.1 Å². The van der Waals surface area contributed by atoms with Gasteiger partial charge >= 0.3 is 0 Å². The molecule has 0 spiro atoms. The lowest BCUT2D eigenvalue weighted by molar-refractivity contribution is 0.123. The molecule has 1 aromatic rings. The second-order valence-corrected chi connectivity index (χ2v) is 7.46. The van der Waals surface area contributed by atoms with Crippen molar-refractivity contribution in [2.24, 2.45) is 5.92 Å². The van der Waals surface area contributed by atoms with Crippen molar-refractivity contribution in [3.05, 3.63) is 22.7 Å². The monoisotopic (exact) mass is 335 g/mol. The summed E-state index contributed by atoms with van der Waals surface area (Å²) in [6.45, 7) is 4.78. The molecule has 0 amide bonds. The number of ether oxygens (including phenoxy) is 1. The Morgan fingerprint density at radius 1 is 1.39 bits per heavy atom. The highest BCUT2D eigenvalue weighted by atomic mass is 79.9. The van der Waals surface area contributed by atoms with Gasteiger partial charge in [0.25, 0.3) is 0 Å². The Morgan fingerprint density at radius 2 is 2.06 bits per heavy atom. The van der Waals surface area contributed by atoms with E-state index in [4.69, 9.17) is 10.5 Å². The summed E-state index contributed by atoms with van der Waals surface area (Å²) in [6, 6.07) is 4.76. The first-order valence-electron chi connectivity index (χ1n) is 5.68. The van der Waals surface area contributed by atoms with Crippen molar-refractivity contribution in [2.45, 2.75) is 18.7 Å². The SMILES string of the molecule is CC(C)COCCS(=O)(=O)c1ccc(Br)cc1N. The molecule has 6 heteroatoms. The molecule has 0 heterocycles. The molecule has 2 N–H and O–H groups in total. The summed E-state index contributed by atoms with van der Waals surface area (Å²) < 4.78 is 30.1. The molecule has 0 atom stereocenters. The van der Waals surface area contributed by atoms with E-state index in [1.807, 2.05) is 13.8 Å². The average molecular weight is 336 g/mol. The van der Waals surface area contributed by atoms with Gasteiger partial charge in [0.2, 0.25) is 0 Å². The van der Waals surface area contributed by atoms with Gasteiger partial charge < -0.3 is 10.5 Å². The summed E-state index contributed by atoms with van der Waals surface area (Å²) in [5, 5.41) is 0. The van der Waals surface area contributed by atoms with Crippen molar-refractivity contribution in [3.8, 4) is 0 Å². The lowest BCUT2D eigenvalue weighted by atomic mass is 10.2. The highest BCUT2D eigenvalue weighted by Gasteiger charge is 2.17. The molecule has 102 valence electrons. The average Bonchev–Trinajstić information content (AvgIpc) is 2.23. The third kappa shape index (κ3) is 4.59. The van der Waals surface area contributed by atoms with Crippen LogP contribution in [0.25, 0.3) is 0 Å². The molecule has 1 aromatic carbocycles. The van der Waals surface area contributed by atoms with Crippen LogP contribution in [0.2, 0.25) is 0 Å². The van der Waals surface area contributed by atoms with Crippen LogP contribution < -0.4 is 5.73 Å². The summed E-state index contributed by atoms with van der Waals surface area (Å²) in [7, 11) is -3.38. The number of nitrogen functional groups attached to an aromatic ring is 1. The predicted molar refractivity (Wildman–Crippen MR) is 76.3 cm³/mol. The standard InChI is InChI=1S/C12H18BrNO3S/c1-9(2)8-17-5-6-18(15,16)12-4-3-10(13)7-11(12)14/h3-4,7,9H,5-6,8,14H2,1-2H3. The second-order valence-electron chi connectivity index (χ2n) is 4.47. The fourth-order valence-corrected chi connectivity index (χ4v) is 3.03. The Morgan fingerprint density at radius 3 is 2.61 bits per heavy atom. The minimum Gasteiger partial charge on any atom is -0.398 e. The van der Waals surface area contributed by atoms with E-state index in [9.17, 15) is 8.42 Å². The van der Waals surface area contributed by atoms with Gasteiger partial charge in [-0.2, -0.15) is 0 Å². The molecule has 0 aliphatic carbocycles. The maximum atomic E-state index is 12.0. The smallest absolute Gasteiger partial charge is 0.182 e. The first-order chi connectivity index (χ1) is 8.33. The maximum Gasteiger partial charge on any atom is 0.182 e.